The fourth-order valence-electron chi connectivity index (χ4n) is 2.06. The largest absolute Gasteiger partial charge is 0.511 e. The van der Waals surface area contributed by atoms with Crippen LogP contribution in [-0.2, 0) is 4.79 Å². The Morgan fingerprint density at radius 3 is 2.57 bits per heavy atom. The molecule has 1 aliphatic heterocycles. The summed E-state index contributed by atoms with van der Waals surface area (Å²) in [7, 11) is 0. The van der Waals surface area contributed by atoms with Gasteiger partial charge in [-0.2, -0.15) is 0 Å². The first-order chi connectivity index (χ1) is 6.79. The Morgan fingerprint density at radius 2 is 1.93 bits per heavy atom. The lowest BCUT2D eigenvalue weighted by atomic mass is 9.90. The Hall–Kier alpha value is -1.12. The van der Waals surface area contributed by atoms with Gasteiger partial charge in [0.2, 0.25) is 0 Å². The normalized spacial score (nSPS) is 23.7. The molecule has 1 aliphatic carbocycles. The molecule has 0 aromatic rings. The molecule has 0 saturated carbocycles. The number of ketones is 1. The van der Waals surface area contributed by atoms with E-state index in [1.165, 1.54) is 0 Å². The van der Waals surface area contributed by atoms with E-state index in [4.69, 9.17) is 0 Å². The number of aliphatic hydroxyl groups is 1. The molecular formula is C11H15NO2. The predicted octanol–water partition coefficient (Wildman–Crippen LogP) is 2.18. The molecule has 0 amide bonds. The van der Waals surface area contributed by atoms with Crippen LogP contribution in [0.4, 0.5) is 0 Å². The summed E-state index contributed by atoms with van der Waals surface area (Å²) in [4.78, 5) is 15.9. The van der Waals surface area contributed by atoms with Crippen molar-refractivity contribution in [1.82, 2.24) is 0 Å². The highest BCUT2D eigenvalue weighted by atomic mass is 16.3. The SMILES string of the molecule is O=C1CCCC(O)=C1C1=NCCCC1. The monoisotopic (exact) mass is 193 g/mol. The van der Waals surface area contributed by atoms with Crippen molar-refractivity contribution in [2.45, 2.75) is 38.5 Å². The van der Waals surface area contributed by atoms with E-state index in [2.05, 4.69) is 4.99 Å². The van der Waals surface area contributed by atoms with Gasteiger partial charge in [0, 0.05) is 25.1 Å². The Bertz CT molecular complexity index is 315. The number of nitrogens with zero attached hydrogens (tertiary/aromatic N) is 1. The topological polar surface area (TPSA) is 49.7 Å². The average molecular weight is 193 g/mol. The van der Waals surface area contributed by atoms with Gasteiger partial charge in [0.05, 0.1) is 5.57 Å². The minimum absolute atomic E-state index is 0.0781. The number of allylic oxidation sites excluding steroid dienone is 2. The maximum Gasteiger partial charge on any atom is 0.168 e. The van der Waals surface area contributed by atoms with Crippen LogP contribution in [0.2, 0.25) is 0 Å². The highest BCUT2D eigenvalue weighted by Gasteiger charge is 2.25. The van der Waals surface area contributed by atoms with Gasteiger partial charge in [0.25, 0.3) is 0 Å². The van der Waals surface area contributed by atoms with Crippen molar-refractivity contribution >= 4 is 11.5 Å². The van der Waals surface area contributed by atoms with Crippen LogP contribution in [0.1, 0.15) is 38.5 Å². The fourth-order valence-corrected chi connectivity index (χ4v) is 2.06. The van der Waals surface area contributed by atoms with Gasteiger partial charge in [0.1, 0.15) is 5.76 Å². The lowest BCUT2D eigenvalue weighted by Crippen LogP contribution is -2.21. The Labute approximate surface area is 83.5 Å². The first-order valence-corrected chi connectivity index (χ1v) is 5.28. The van der Waals surface area contributed by atoms with Gasteiger partial charge in [-0.25, -0.2) is 0 Å². The first kappa shape index (κ1) is 9.44. The maximum atomic E-state index is 11.6. The lowest BCUT2D eigenvalue weighted by molar-refractivity contribution is -0.115. The maximum absolute atomic E-state index is 11.6. The highest BCUT2D eigenvalue weighted by Crippen LogP contribution is 2.24. The number of Topliss-reactive ketones (excluding diaryl/α,β-unsaturated/α-hetero) is 1. The van der Waals surface area contributed by atoms with Crippen molar-refractivity contribution in [1.29, 1.82) is 0 Å². The summed E-state index contributed by atoms with van der Waals surface area (Å²) in [6, 6.07) is 0. The molecule has 0 saturated heterocycles. The van der Waals surface area contributed by atoms with Gasteiger partial charge >= 0.3 is 0 Å². The van der Waals surface area contributed by atoms with E-state index in [-0.39, 0.29) is 11.5 Å². The molecule has 2 aliphatic rings. The summed E-state index contributed by atoms with van der Waals surface area (Å²) in [5.41, 5.74) is 1.38. The van der Waals surface area contributed by atoms with Crippen LogP contribution in [0, 0.1) is 0 Å². The number of hydrogen-bond acceptors (Lipinski definition) is 3. The van der Waals surface area contributed by atoms with E-state index < -0.39 is 0 Å². The second-order valence-corrected chi connectivity index (χ2v) is 3.88. The molecule has 0 atom stereocenters. The molecule has 0 aromatic heterocycles. The van der Waals surface area contributed by atoms with Crippen molar-refractivity contribution in [3.05, 3.63) is 11.3 Å². The van der Waals surface area contributed by atoms with Gasteiger partial charge in [-0.15, -0.1) is 0 Å². The van der Waals surface area contributed by atoms with Crippen LogP contribution >= 0.6 is 0 Å². The highest BCUT2D eigenvalue weighted by molar-refractivity contribution is 6.23. The molecule has 0 fully saturated rings. The van der Waals surface area contributed by atoms with Gasteiger partial charge in [-0.1, -0.05) is 0 Å². The third kappa shape index (κ3) is 1.72. The van der Waals surface area contributed by atoms with Crippen molar-refractivity contribution < 1.29 is 9.90 Å². The summed E-state index contributed by atoms with van der Waals surface area (Å²) in [5, 5.41) is 9.67. The van der Waals surface area contributed by atoms with Gasteiger partial charge in [-0.3, -0.25) is 9.79 Å². The van der Waals surface area contributed by atoms with Gasteiger partial charge in [-0.05, 0) is 25.7 Å². The molecule has 76 valence electrons. The van der Waals surface area contributed by atoms with Crippen molar-refractivity contribution in [3.63, 3.8) is 0 Å². The summed E-state index contributed by atoms with van der Waals surface area (Å²) >= 11 is 0. The molecule has 0 spiro atoms. The van der Waals surface area contributed by atoms with E-state index in [9.17, 15) is 9.90 Å². The van der Waals surface area contributed by atoms with Gasteiger partial charge < -0.3 is 5.11 Å². The molecule has 2 rings (SSSR count). The van der Waals surface area contributed by atoms with Crippen LogP contribution in [0.25, 0.3) is 0 Å². The Balaban J connectivity index is 2.30. The zero-order valence-corrected chi connectivity index (χ0v) is 8.25. The number of aliphatic imine (C=N–C) groups is 1. The summed E-state index contributed by atoms with van der Waals surface area (Å²) in [6.45, 7) is 0.805. The summed E-state index contributed by atoms with van der Waals surface area (Å²) < 4.78 is 0. The standard InChI is InChI=1S/C11H15NO2/c13-9-5-3-6-10(14)11(9)8-4-1-2-7-12-8/h13H,1-7H2. The predicted molar refractivity (Wildman–Crippen MR) is 54.7 cm³/mol. The zero-order chi connectivity index (χ0) is 9.97. The molecule has 1 N–H and O–H groups in total. The number of carbonyl (C=O) groups excluding carboxylic acids is 1. The lowest BCUT2D eigenvalue weighted by Gasteiger charge is -2.19. The third-order valence-electron chi connectivity index (χ3n) is 2.80. The molecule has 3 nitrogen and oxygen atoms in total. The van der Waals surface area contributed by atoms with E-state index in [1.54, 1.807) is 0 Å². The van der Waals surface area contributed by atoms with Gasteiger partial charge in [0.15, 0.2) is 5.78 Å². The van der Waals surface area contributed by atoms with Crippen LogP contribution in [-0.4, -0.2) is 23.1 Å². The van der Waals surface area contributed by atoms with Crippen LogP contribution in [0.5, 0.6) is 0 Å². The fraction of sp³-hybridized carbons (Fsp3) is 0.636. The van der Waals surface area contributed by atoms with E-state index >= 15 is 0 Å². The third-order valence-corrected chi connectivity index (χ3v) is 2.80. The van der Waals surface area contributed by atoms with E-state index in [0.717, 1.165) is 37.9 Å². The van der Waals surface area contributed by atoms with E-state index in [1.807, 2.05) is 0 Å². The molecular weight excluding hydrogens is 178 g/mol. The number of carbonyl (C=O) groups is 1. The molecule has 14 heavy (non-hydrogen) atoms. The molecule has 3 heteroatoms. The van der Waals surface area contributed by atoms with Crippen molar-refractivity contribution in [2.75, 3.05) is 6.54 Å². The second kappa shape index (κ2) is 3.95. The second-order valence-electron chi connectivity index (χ2n) is 3.88. The Morgan fingerprint density at radius 1 is 1.07 bits per heavy atom. The Kier molecular flexibility index (Phi) is 2.66. The van der Waals surface area contributed by atoms with Crippen LogP contribution in [0.15, 0.2) is 16.3 Å². The number of aliphatic hydroxyl groups excluding tert-OH is 1. The molecule has 0 aromatic carbocycles. The summed E-state index contributed by atoms with van der Waals surface area (Å²) in [6.07, 6.45) is 5.03. The smallest absolute Gasteiger partial charge is 0.168 e. The van der Waals surface area contributed by atoms with Crippen LogP contribution < -0.4 is 0 Å². The minimum Gasteiger partial charge on any atom is -0.511 e. The van der Waals surface area contributed by atoms with Crippen LogP contribution in [0.3, 0.4) is 0 Å². The van der Waals surface area contributed by atoms with E-state index in [0.29, 0.717) is 18.4 Å². The van der Waals surface area contributed by atoms with Crippen molar-refractivity contribution in [2.24, 2.45) is 4.99 Å². The quantitative estimate of drug-likeness (QED) is 0.693. The summed E-state index contributed by atoms with van der Waals surface area (Å²) in [5.74, 6) is 0.344. The number of rotatable bonds is 1. The minimum atomic E-state index is 0.0781. The molecule has 0 radical (unpaired) electrons. The number of hydrogen-bond donors (Lipinski definition) is 1. The van der Waals surface area contributed by atoms with Crippen molar-refractivity contribution in [3.8, 4) is 0 Å². The average Bonchev–Trinajstić information content (AvgIpc) is 2.19. The first-order valence-electron chi connectivity index (χ1n) is 5.28. The molecule has 1 heterocycles. The molecule has 0 bridgehead atoms. The zero-order valence-electron chi connectivity index (χ0n) is 8.25. The molecule has 0 unspecified atom stereocenters.